The number of carboxylic acids is 1. The van der Waals surface area contributed by atoms with E-state index < -0.39 is 24.5 Å². The molecule has 0 aromatic heterocycles. The summed E-state index contributed by atoms with van der Waals surface area (Å²) in [6.45, 7) is -0.561. The van der Waals surface area contributed by atoms with Gasteiger partial charge in [0.25, 0.3) is 0 Å². The first-order valence-electron chi connectivity index (χ1n) is 6.00. The van der Waals surface area contributed by atoms with Crippen molar-refractivity contribution in [2.24, 2.45) is 0 Å². The summed E-state index contributed by atoms with van der Waals surface area (Å²) < 4.78 is 0. The number of carboxylic acid groups (broad SMARTS) is 1. The predicted molar refractivity (Wildman–Crippen MR) is 72.0 cm³/mol. The van der Waals surface area contributed by atoms with E-state index in [9.17, 15) is 14.4 Å². The molecule has 0 fully saturated rings. The number of carbonyl (C=O) groups excluding carboxylic acids is 2. The van der Waals surface area contributed by atoms with Crippen molar-refractivity contribution in [1.29, 1.82) is 5.26 Å². The molecule has 0 saturated carbocycles. The van der Waals surface area contributed by atoms with E-state index in [1.54, 1.807) is 24.3 Å². The molecule has 0 unspecified atom stereocenters. The summed E-state index contributed by atoms with van der Waals surface area (Å²) in [6.07, 6.45) is 0. The second-order valence-corrected chi connectivity index (χ2v) is 4.02. The zero-order chi connectivity index (χ0) is 15.7. The Kier molecular flexibility index (Phi) is 6.21. The first-order chi connectivity index (χ1) is 10.0. The number of urea groups is 1. The minimum atomic E-state index is -1.16. The zero-order valence-corrected chi connectivity index (χ0v) is 11.0. The first kappa shape index (κ1) is 16.0. The zero-order valence-electron chi connectivity index (χ0n) is 11.0. The van der Waals surface area contributed by atoms with Crippen molar-refractivity contribution in [3.05, 3.63) is 35.4 Å². The Morgan fingerprint density at radius 2 is 1.71 bits per heavy atom. The van der Waals surface area contributed by atoms with E-state index in [1.807, 2.05) is 6.07 Å². The molecule has 0 heterocycles. The Bertz CT molecular complexity index is 563. The normalized spacial score (nSPS) is 9.29. The highest BCUT2D eigenvalue weighted by Crippen LogP contribution is 2.02. The summed E-state index contributed by atoms with van der Waals surface area (Å²) in [5.74, 6) is -1.75. The average Bonchev–Trinajstić information content (AvgIpc) is 2.49. The Labute approximate surface area is 120 Å². The van der Waals surface area contributed by atoms with E-state index in [1.165, 1.54) is 0 Å². The van der Waals surface area contributed by atoms with Gasteiger partial charge in [0.05, 0.1) is 18.2 Å². The van der Waals surface area contributed by atoms with Crippen LogP contribution < -0.4 is 16.0 Å². The van der Waals surface area contributed by atoms with Gasteiger partial charge < -0.3 is 21.1 Å². The van der Waals surface area contributed by atoms with Crippen LogP contribution in [0.2, 0.25) is 0 Å². The van der Waals surface area contributed by atoms with Gasteiger partial charge in [0.1, 0.15) is 6.54 Å². The van der Waals surface area contributed by atoms with E-state index in [0.29, 0.717) is 5.56 Å². The van der Waals surface area contributed by atoms with Gasteiger partial charge in [-0.15, -0.1) is 0 Å². The van der Waals surface area contributed by atoms with Gasteiger partial charge in [-0.05, 0) is 17.7 Å². The van der Waals surface area contributed by atoms with Gasteiger partial charge in [-0.3, -0.25) is 9.59 Å². The number of nitrogens with zero attached hydrogens (tertiary/aromatic N) is 1. The molecule has 0 aliphatic rings. The van der Waals surface area contributed by atoms with Crippen molar-refractivity contribution in [1.82, 2.24) is 16.0 Å². The van der Waals surface area contributed by atoms with Gasteiger partial charge in [-0.25, -0.2) is 4.79 Å². The molecule has 0 atom stereocenters. The summed E-state index contributed by atoms with van der Waals surface area (Å²) in [7, 11) is 0. The van der Waals surface area contributed by atoms with Crippen molar-refractivity contribution < 1.29 is 19.5 Å². The second kappa shape index (κ2) is 8.16. The molecule has 110 valence electrons. The lowest BCUT2D eigenvalue weighted by molar-refractivity contribution is -0.137. The Morgan fingerprint density at radius 1 is 1.05 bits per heavy atom. The number of benzene rings is 1. The first-order valence-corrected chi connectivity index (χ1v) is 6.00. The van der Waals surface area contributed by atoms with Crippen LogP contribution in [-0.2, 0) is 16.1 Å². The van der Waals surface area contributed by atoms with Gasteiger partial charge in [0.2, 0.25) is 5.91 Å². The van der Waals surface area contributed by atoms with Crippen LogP contribution in [-0.4, -0.2) is 36.1 Å². The molecule has 0 bridgehead atoms. The van der Waals surface area contributed by atoms with Crippen molar-refractivity contribution in [2.75, 3.05) is 13.1 Å². The lowest BCUT2D eigenvalue weighted by Crippen LogP contribution is -2.42. The third-order valence-electron chi connectivity index (χ3n) is 2.38. The molecule has 1 aromatic rings. The quantitative estimate of drug-likeness (QED) is 0.564. The fraction of sp³-hybridized carbons (Fsp3) is 0.231. The molecule has 0 aliphatic heterocycles. The van der Waals surface area contributed by atoms with Crippen LogP contribution in [0.1, 0.15) is 11.1 Å². The highest BCUT2D eigenvalue weighted by molar-refractivity contribution is 5.86. The van der Waals surface area contributed by atoms with Crippen molar-refractivity contribution in [3.8, 4) is 6.07 Å². The lowest BCUT2D eigenvalue weighted by Gasteiger charge is -2.07. The van der Waals surface area contributed by atoms with E-state index in [2.05, 4.69) is 16.0 Å². The van der Waals surface area contributed by atoms with E-state index in [0.717, 1.165) is 5.56 Å². The average molecular weight is 290 g/mol. The smallest absolute Gasteiger partial charge is 0.322 e. The lowest BCUT2D eigenvalue weighted by atomic mass is 10.1. The second-order valence-electron chi connectivity index (χ2n) is 4.02. The molecule has 0 aliphatic carbocycles. The number of hydrogen-bond acceptors (Lipinski definition) is 4. The Hall–Kier alpha value is -3.08. The highest BCUT2D eigenvalue weighted by Gasteiger charge is 2.06. The van der Waals surface area contributed by atoms with Crippen molar-refractivity contribution in [3.63, 3.8) is 0 Å². The van der Waals surface area contributed by atoms with Crippen LogP contribution in [0.4, 0.5) is 4.79 Å². The maximum Gasteiger partial charge on any atom is 0.322 e. The van der Waals surface area contributed by atoms with E-state index in [4.69, 9.17) is 10.4 Å². The Balaban J connectivity index is 2.26. The number of hydrogen-bond donors (Lipinski definition) is 4. The van der Waals surface area contributed by atoms with Crippen molar-refractivity contribution in [2.45, 2.75) is 6.54 Å². The van der Waals surface area contributed by atoms with Gasteiger partial charge in [-0.1, -0.05) is 12.1 Å². The molecule has 3 amide bonds. The monoisotopic (exact) mass is 290 g/mol. The summed E-state index contributed by atoms with van der Waals surface area (Å²) >= 11 is 0. The largest absolute Gasteiger partial charge is 0.480 e. The van der Waals surface area contributed by atoms with E-state index in [-0.39, 0.29) is 13.1 Å². The topological polar surface area (TPSA) is 131 Å². The molecule has 1 rings (SSSR count). The number of rotatable bonds is 6. The minimum Gasteiger partial charge on any atom is -0.480 e. The fourth-order valence-corrected chi connectivity index (χ4v) is 1.34. The van der Waals surface area contributed by atoms with Crippen LogP contribution in [0.3, 0.4) is 0 Å². The number of nitrogens with one attached hydrogen (secondary N) is 3. The number of amides is 3. The Morgan fingerprint density at radius 3 is 2.29 bits per heavy atom. The number of carbonyl (C=O) groups is 3. The van der Waals surface area contributed by atoms with Crippen LogP contribution in [0.5, 0.6) is 0 Å². The van der Waals surface area contributed by atoms with Crippen LogP contribution in [0.15, 0.2) is 24.3 Å². The standard InChI is InChI=1S/C13H14N4O4/c14-5-9-1-3-10(4-2-9)6-16-13(21)17-7-11(18)15-8-12(19)20/h1-4H,6-8H2,(H,15,18)(H,19,20)(H2,16,17,21). The maximum absolute atomic E-state index is 11.4. The summed E-state index contributed by atoms with van der Waals surface area (Å²) in [4.78, 5) is 32.8. The number of aliphatic carboxylic acids is 1. The third-order valence-corrected chi connectivity index (χ3v) is 2.38. The van der Waals surface area contributed by atoms with Gasteiger partial charge >= 0.3 is 12.0 Å². The SMILES string of the molecule is N#Cc1ccc(CNC(=O)NCC(=O)NCC(=O)O)cc1. The molecule has 4 N–H and O–H groups in total. The predicted octanol–water partition coefficient (Wildman–Crippen LogP) is -0.442. The molecule has 21 heavy (non-hydrogen) atoms. The highest BCUT2D eigenvalue weighted by atomic mass is 16.4. The third kappa shape index (κ3) is 6.58. The molecule has 0 saturated heterocycles. The van der Waals surface area contributed by atoms with Crippen molar-refractivity contribution >= 4 is 17.9 Å². The van der Waals surface area contributed by atoms with Crippen LogP contribution in [0.25, 0.3) is 0 Å². The van der Waals surface area contributed by atoms with Crippen LogP contribution in [0, 0.1) is 11.3 Å². The summed E-state index contributed by atoms with van der Waals surface area (Å²) in [5.41, 5.74) is 1.33. The molecule has 0 radical (unpaired) electrons. The van der Waals surface area contributed by atoms with Gasteiger partial charge in [-0.2, -0.15) is 5.26 Å². The molecule has 0 spiro atoms. The van der Waals surface area contributed by atoms with Gasteiger partial charge in [0, 0.05) is 6.54 Å². The fourth-order valence-electron chi connectivity index (χ4n) is 1.34. The minimum absolute atomic E-state index is 0.244. The van der Waals surface area contributed by atoms with E-state index >= 15 is 0 Å². The summed E-state index contributed by atoms with van der Waals surface area (Å²) in [6, 6.07) is 8.11. The van der Waals surface area contributed by atoms with Crippen LogP contribution >= 0.6 is 0 Å². The molecular formula is C13H14N4O4. The number of nitriles is 1. The summed E-state index contributed by atoms with van der Waals surface area (Å²) in [5, 5.41) is 23.9. The maximum atomic E-state index is 11.4. The van der Waals surface area contributed by atoms with Gasteiger partial charge in [0.15, 0.2) is 0 Å². The molecule has 1 aromatic carbocycles. The molecule has 8 heteroatoms. The molecule has 8 nitrogen and oxygen atoms in total. The molecular weight excluding hydrogens is 276 g/mol.